The molecular formula is C20H26N4O6. The van der Waals surface area contributed by atoms with Gasteiger partial charge in [0.05, 0.1) is 6.04 Å². The number of rotatable bonds is 5. The van der Waals surface area contributed by atoms with E-state index in [1.165, 1.54) is 11.8 Å². The van der Waals surface area contributed by atoms with Gasteiger partial charge < -0.3 is 19.1 Å². The predicted molar refractivity (Wildman–Crippen MR) is 106 cm³/mol. The zero-order valence-electron chi connectivity index (χ0n) is 17.5. The molecule has 1 aromatic rings. The monoisotopic (exact) mass is 418 g/mol. The van der Waals surface area contributed by atoms with Crippen molar-refractivity contribution in [2.24, 2.45) is 5.11 Å². The van der Waals surface area contributed by atoms with E-state index in [9.17, 15) is 14.4 Å². The van der Waals surface area contributed by atoms with Crippen LogP contribution in [0.25, 0.3) is 10.4 Å². The van der Waals surface area contributed by atoms with Gasteiger partial charge in [0.15, 0.2) is 0 Å². The second-order valence-electron chi connectivity index (χ2n) is 7.86. The van der Waals surface area contributed by atoms with Crippen molar-refractivity contribution in [2.75, 3.05) is 13.1 Å². The molecule has 0 bridgehead atoms. The number of hydrogen-bond donors (Lipinski definition) is 0. The minimum atomic E-state index is -1.24. The lowest BCUT2D eigenvalue weighted by Gasteiger charge is -2.37. The maximum atomic E-state index is 12.8. The van der Waals surface area contributed by atoms with Gasteiger partial charge in [-0.25, -0.2) is 9.59 Å². The summed E-state index contributed by atoms with van der Waals surface area (Å²) >= 11 is 0. The maximum absolute atomic E-state index is 12.8. The molecule has 162 valence electrons. The molecule has 2 rings (SSSR count). The largest absolute Gasteiger partial charge is 0.459 e. The molecule has 1 fully saturated rings. The van der Waals surface area contributed by atoms with Crippen LogP contribution >= 0.6 is 0 Å². The molecule has 1 aliphatic heterocycles. The second kappa shape index (κ2) is 9.98. The Balaban J connectivity index is 2.12. The first-order chi connectivity index (χ1) is 14.1. The van der Waals surface area contributed by atoms with Crippen LogP contribution in [0, 0.1) is 0 Å². The van der Waals surface area contributed by atoms with Crippen molar-refractivity contribution in [3.63, 3.8) is 0 Å². The summed E-state index contributed by atoms with van der Waals surface area (Å²) in [7, 11) is 0. The standard InChI is InChI=1S/C20H26N4O6/c1-13(25)28-17(14-8-6-5-7-9-14)18(26)29-16-10-11-24(12-15(16)22-23-21)19(27)30-20(2,3)4/h5-9,15-17H,10-12H2,1-4H3/t15?,16-,17+/m0/s1. The summed E-state index contributed by atoms with van der Waals surface area (Å²) in [5.74, 6) is -1.41. The number of carbonyl (C=O) groups is 3. The van der Waals surface area contributed by atoms with E-state index >= 15 is 0 Å². The van der Waals surface area contributed by atoms with E-state index in [2.05, 4.69) is 10.0 Å². The summed E-state index contributed by atoms with van der Waals surface area (Å²) < 4.78 is 16.0. The quantitative estimate of drug-likeness (QED) is 0.236. The highest BCUT2D eigenvalue weighted by Crippen LogP contribution is 2.25. The lowest BCUT2D eigenvalue weighted by Crippen LogP contribution is -2.51. The van der Waals surface area contributed by atoms with Crippen LogP contribution in [0.5, 0.6) is 0 Å². The number of carbonyl (C=O) groups excluding carboxylic acids is 3. The Morgan fingerprint density at radius 1 is 1.23 bits per heavy atom. The number of benzene rings is 1. The fraction of sp³-hybridized carbons (Fsp3) is 0.550. The van der Waals surface area contributed by atoms with Gasteiger partial charge in [-0.2, -0.15) is 0 Å². The summed E-state index contributed by atoms with van der Waals surface area (Å²) in [4.78, 5) is 40.8. The Labute approximate surface area is 174 Å². The third-order valence-corrected chi connectivity index (χ3v) is 4.24. The number of amides is 1. The minimum Gasteiger partial charge on any atom is -0.459 e. The van der Waals surface area contributed by atoms with Crippen LogP contribution in [-0.4, -0.2) is 53.8 Å². The van der Waals surface area contributed by atoms with E-state index in [0.29, 0.717) is 5.56 Å². The van der Waals surface area contributed by atoms with Crippen LogP contribution in [0.4, 0.5) is 4.79 Å². The molecule has 1 saturated heterocycles. The number of nitrogens with zero attached hydrogens (tertiary/aromatic N) is 4. The molecule has 0 spiro atoms. The summed E-state index contributed by atoms with van der Waals surface area (Å²) in [6, 6.07) is 7.68. The van der Waals surface area contributed by atoms with E-state index in [1.807, 2.05) is 0 Å². The van der Waals surface area contributed by atoms with Gasteiger partial charge in [-0.05, 0) is 26.3 Å². The van der Waals surface area contributed by atoms with Gasteiger partial charge in [0, 0.05) is 36.9 Å². The number of likely N-dealkylation sites (tertiary alicyclic amines) is 1. The molecule has 0 radical (unpaired) electrons. The van der Waals surface area contributed by atoms with Crippen molar-refractivity contribution in [2.45, 2.75) is 58.0 Å². The number of esters is 2. The average molecular weight is 418 g/mol. The highest BCUT2D eigenvalue weighted by atomic mass is 16.6. The van der Waals surface area contributed by atoms with Gasteiger partial charge in [-0.15, -0.1) is 0 Å². The molecule has 0 aliphatic carbocycles. The van der Waals surface area contributed by atoms with Crippen LogP contribution in [0.1, 0.15) is 45.8 Å². The normalized spacial score (nSPS) is 19.8. The van der Waals surface area contributed by atoms with Crippen molar-refractivity contribution in [3.8, 4) is 0 Å². The fourth-order valence-corrected chi connectivity index (χ4v) is 2.97. The van der Waals surface area contributed by atoms with E-state index in [1.54, 1.807) is 51.1 Å². The molecule has 1 amide bonds. The topological polar surface area (TPSA) is 131 Å². The molecule has 1 heterocycles. The number of azide groups is 1. The van der Waals surface area contributed by atoms with Crippen LogP contribution in [-0.2, 0) is 23.8 Å². The van der Waals surface area contributed by atoms with Gasteiger partial charge >= 0.3 is 18.0 Å². The van der Waals surface area contributed by atoms with Crippen molar-refractivity contribution >= 4 is 18.0 Å². The number of hydrogen-bond acceptors (Lipinski definition) is 7. The molecule has 10 heteroatoms. The lowest BCUT2D eigenvalue weighted by atomic mass is 10.0. The Bertz CT molecular complexity index is 816. The molecular weight excluding hydrogens is 392 g/mol. The molecule has 1 unspecified atom stereocenters. The van der Waals surface area contributed by atoms with Gasteiger partial charge in [-0.3, -0.25) is 4.79 Å². The van der Waals surface area contributed by atoms with Crippen molar-refractivity contribution in [1.29, 1.82) is 0 Å². The van der Waals surface area contributed by atoms with Crippen LogP contribution < -0.4 is 0 Å². The Morgan fingerprint density at radius 2 is 1.90 bits per heavy atom. The molecule has 3 atom stereocenters. The van der Waals surface area contributed by atoms with E-state index in [-0.39, 0.29) is 19.5 Å². The van der Waals surface area contributed by atoms with Crippen molar-refractivity contribution in [3.05, 3.63) is 46.3 Å². The number of piperidine rings is 1. The molecule has 1 aliphatic rings. The van der Waals surface area contributed by atoms with Crippen LogP contribution in [0.2, 0.25) is 0 Å². The molecule has 1 aromatic carbocycles. The Hall–Kier alpha value is -3.26. The second-order valence-corrected chi connectivity index (χ2v) is 7.86. The van der Waals surface area contributed by atoms with E-state index in [4.69, 9.17) is 19.7 Å². The fourth-order valence-electron chi connectivity index (χ4n) is 2.97. The third kappa shape index (κ3) is 6.66. The maximum Gasteiger partial charge on any atom is 0.410 e. The Kier molecular flexibility index (Phi) is 7.66. The first-order valence-corrected chi connectivity index (χ1v) is 9.55. The summed E-state index contributed by atoms with van der Waals surface area (Å²) in [5, 5.41) is 3.69. The van der Waals surface area contributed by atoms with Gasteiger partial charge in [0.1, 0.15) is 11.7 Å². The van der Waals surface area contributed by atoms with Crippen molar-refractivity contribution in [1.82, 2.24) is 4.90 Å². The smallest absolute Gasteiger partial charge is 0.410 e. The first kappa shape index (κ1) is 23.0. The van der Waals surface area contributed by atoms with E-state index < -0.39 is 41.9 Å². The third-order valence-electron chi connectivity index (χ3n) is 4.24. The van der Waals surface area contributed by atoms with Crippen LogP contribution in [0.3, 0.4) is 0 Å². The first-order valence-electron chi connectivity index (χ1n) is 9.55. The van der Waals surface area contributed by atoms with Gasteiger partial charge in [0.25, 0.3) is 0 Å². The SMILES string of the molecule is CC(=O)O[C@@H](C(=O)O[C@H]1CCN(C(=O)OC(C)(C)C)CC1N=[N+]=[N-])c1ccccc1. The average Bonchev–Trinajstić information content (AvgIpc) is 2.66. The Morgan fingerprint density at radius 3 is 2.47 bits per heavy atom. The molecule has 0 N–H and O–H groups in total. The molecule has 0 saturated carbocycles. The molecule has 0 aromatic heterocycles. The van der Waals surface area contributed by atoms with Crippen LogP contribution in [0.15, 0.2) is 35.4 Å². The predicted octanol–water partition coefficient (Wildman–Crippen LogP) is 3.52. The zero-order chi connectivity index (χ0) is 22.3. The highest BCUT2D eigenvalue weighted by Gasteiger charge is 2.37. The summed E-state index contributed by atoms with van der Waals surface area (Å²) in [6.45, 7) is 6.76. The summed E-state index contributed by atoms with van der Waals surface area (Å²) in [5.41, 5.74) is 8.70. The van der Waals surface area contributed by atoms with Gasteiger partial charge in [-0.1, -0.05) is 35.4 Å². The van der Waals surface area contributed by atoms with Gasteiger partial charge in [0.2, 0.25) is 6.10 Å². The zero-order valence-corrected chi connectivity index (χ0v) is 17.5. The summed E-state index contributed by atoms with van der Waals surface area (Å²) in [6.07, 6.45) is -2.29. The number of ether oxygens (including phenoxy) is 3. The molecule has 10 nitrogen and oxygen atoms in total. The molecule has 30 heavy (non-hydrogen) atoms. The van der Waals surface area contributed by atoms with Crippen molar-refractivity contribution < 1.29 is 28.6 Å². The highest BCUT2D eigenvalue weighted by molar-refractivity contribution is 5.80. The van der Waals surface area contributed by atoms with E-state index in [0.717, 1.165) is 0 Å². The lowest BCUT2D eigenvalue weighted by molar-refractivity contribution is -0.173. The minimum absolute atomic E-state index is 0.0422.